The van der Waals surface area contributed by atoms with Crippen molar-refractivity contribution in [2.45, 2.75) is 19.9 Å². The van der Waals surface area contributed by atoms with Crippen molar-refractivity contribution >= 4 is 5.91 Å². The van der Waals surface area contributed by atoms with E-state index in [9.17, 15) is 4.79 Å². The number of nitrogens with zero attached hydrogens (tertiary/aromatic N) is 2. The molecular weight excluding hydrogens is 230 g/mol. The van der Waals surface area contributed by atoms with E-state index in [4.69, 9.17) is 5.11 Å². The van der Waals surface area contributed by atoms with E-state index in [1.54, 1.807) is 12.4 Å². The van der Waals surface area contributed by atoms with Crippen LogP contribution < -0.4 is 5.32 Å². The first-order valence-electron chi connectivity index (χ1n) is 6.25. The van der Waals surface area contributed by atoms with E-state index in [1.807, 2.05) is 24.0 Å². The zero-order valence-corrected chi connectivity index (χ0v) is 10.8. The van der Waals surface area contributed by atoms with E-state index >= 15 is 0 Å². The second-order valence-electron chi connectivity index (χ2n) is 4.06. The second-order valence-corrected chi connectivity index (χ2v) is 4.06. The minimum atomic E-state index is 0.0478. The molecule has 0 bridgehead atoms. The number of carbonyl (C=O) groups is 1. The minimum Gasteiger partial charge on any atom is -0.395 e. The zero-order valence-electron chi connectivity index (χ0n) is 10.8. The van der Waals surface area contributed by atoms with Crippen LogP contribution in [0.25, 0.3) is 0 Å². The first kappa shape index (κ1) is 14.6. The van der Waals surface area contributed by atoms with Crippen LogP contribution in [0.2, 0.25) is 0 Å². The van der Waals surface area contributed by atoms with Gasteiger partial charge in [-0.25, -0.2) is 0 Å². The van der Waals surface area contributed by atoms with E-state index in [0.29, 0.717) is 32.6 Å². The second kappa shape index (κ2) is 8.60. The topological polar surface area (TPSA) is 65.5 Å². The fourth-order valence-electron chi connectivity index (χ4n) is 1.71. The minimum absolute atomic E-state index is 0.0478. The van der Waals surface area contributed by atoms with E-state index in [1.165, 1.54) is 0 Å². The fourth-order valence-corrected chi connectivity index (χ4v) is 1.71. The van der Waals surface area contributed by atoms with Gasteiger partial charge in [-0.05, 0) is 18.6 Å². The van der Waals surface area contributed by atoms with Gasteiger partial charge in [-0.2, -0.15) is 0 Å². The highest BCUT2D eigenvalue weighted by molar-refractivity contribution is 5.75. The molecular formula is C13H21N3O2. The van der Waals surface area contributed by atoms with Gasteiger partial charge in [0.2, 0.25) is 5.91 Å². The zero-order chi connectivity index (χ0) is 13.2. The summed E-state index contributed by atoms with van der Waals surface area (Å²) in [6, 6.07) is 3.87. The van der Waals surface area contributed by atoms with Crippen molar-refractivity contribution in [2.75, 3.05) is 26.2 Å². The third-order valence-corrected chi connectivity index (χ3v) is 2.57. The molecule has 5 nitrogen and oxygen atoms in total. The van der Waals surface area contributed by atoms with E-state index in [-0.39, 0.29) is 12.5 Å². The van der Waals surface area contributed by atoms with Crippen LogP contribution in [-0.4, -0.2) is 47.1 Å². The van der Waals surface area contributed by atoms with Crippen LogP contribution in [0.1, 0.15) is 18.9 Å². The molecule has 0 radical (unpaired) electrons. The molecule has 0 saturated carbocycles. The van der Waals surface area contributed by atoms with Crippen LogP contribution in [0.3, 0.4) is 0 Å². The molecule has 1 aromatic heterocycles. The summed E-state index contributed by atoms with van der Waals surface area (Å²) in [6.45, 7) is 4.56. The SMILES string of the molecule is CCNC(=O)CCN(CCO)Cc1cccnc1. The summed E-state index contributed by atoms with van der Waals surface area (Å²) in [4.78, 5) is 17.5. The number of aromatic nitrogens is 1. The van der Waals surface area contributed by atoms with E-state index < -0.39 is 0 Å². The molecule has 0 saturated heterocycles. The van der Waals surface area contributed by atoms with Crippen LogP contribution in [0, 0.1) is 0 Å². The predicted molar refractivity (Wildman–Crippen MR) is 69.9 cm³/mol. The Hall–Kier alpha value is -1.46. The van der Waals surface area contributed by atoms with Gasteiger partial charge in [0, 0.05) is 45.0 Å². The van der Waals surface area contributed by atoms with Crippen molar-refractivity contribution in [3.05, 3.63) is 30.1 Å². The number of hydrogen-bond acceptors (Lipinski definition) is 4. The number of aliphatic hydroxyl groups excluding tert-OH is 1. The summed E-state index contributed by atoms with van der Waals surface area (Å²) in [6.07, 6.45) is 3.99. The number of pyridine rings is 1. The molecule has 5 heteroatoms. The summed E-state index contributed by atoms with van der Waals surface area (Å²) in [7, 11) is 0. The molecule has 0 spiro atoms. The molecule has 100 valence electrons. The predicted octanol–water partition coefficient (Wildman–Crippen LogP) is 0.402. The highest BCUT2D eigenvalue weighted by Gasteiger charge is 2.08. The maximum Gasteiger partial charge on any atom is 0.221 e. The van der Waals surface area contributed by atoms with Gasteiger partial charge in [0.25, 0.3) is 0 Å². The summed E-state index contributed by atoms with van der Waals surface area (Å²) < 4.78 is 0. The summed E-state index contributed by atoms with van der Waals surface area (Å²) in [5, 5.41) is 11.8. The van der Waals surface area contributed by atoms with Crippen LogP contribution in [-0.2, 0) is 11.3 Å². The quantitative estimate of drug-likeness (QED) is 0.702. The van der Waals surface area contributed by atoms with Gasteiger partial charge in [0.05, 0.1) is 6.61 Å². The Morgan fingerprint density at radius 3 is 2.94 bits per heavy atom. The van der Waals surface area contributed by atoms with E-state index in [0.717, 1.165) is 5.56 Å². The molecule has 0 aliphatic rings. The Labute approximate surface area is 108 Å². The van der Waals surface area contributed by atoms with Crippen molar-refractivity contribution in [2.24, 2.45) is 0 Å². The normalized spacial score (nSPS) is 10.6. The molecule has 0 unspecified atom stereocenters. The lowest BCUT2D eigenvalue weighted by atomic mass is 10.2. The number of rotatable bonds is 8. The van der Waals surface area contributed by atoms with E-state index in [2.05, 4.69) is 10.3 Å². The van der Waals surface area contributed by atoms with Crippen LogP contribution >= 0.6 is 0 Å². The third-order valence-electron chi connectivity index (χ3n) is 2.57. The molecule has 0 fully saturated rings. The molecule has 2 N–H and O–H groups in total. The highest BCUT2D eigenvalue weighted by Crippen LogP contribution is 2.03. The molecule has 18 heavy (non-hydrogen) atoms. The highest BCUT2D eigenvalue weighted by atomic mass is 16.3. The van der Waals surface area contributed by atoms with Gasteiger partial charge >= 0.3 is 0 Å². The molecule has 1 rings (SSSR count). The molecule has 1 aromatic rings. The molecule has 0 atom stereocenters. The summed E-state index contributed by atoms with van der Waals surface area (Å²) in [5.74, 6) is 0.0478. The third kappa shape index (κ3) is 5.75. The van der Waals surface area contributed by atoms with Gasteiger partial charge in [-0.3, -0.25) is 14.7 Å². The van der Waals surface area contributed by atoms with Gasteiger partial charge in [-0.1, -0.05) is 6.07 Å². The Kier molecular flexibility index (Phi) is 6.98. The van der Waals surface area contributed by atoms with Crippen molar-refractivity contribution in [3.63, 3.8) is 0 Å². The van der Waals surface area contributed by atoms with Gasteiger partial charge in [-0.15, -0.1) is 0 Å². The van der Waals surface area contributed by atoms with Crippen LogP contribution in [0.5, 0.6) is 0 Å². The van der Waals surface area contributed by atoms with Gasteiger partial charge in [0.15, 0.2) is 0 Å². The van der Waals surface area contributed by atoms with Crippen LogP contribution in [0.4, 0.5) is 0 Å². The Morgan fingerprint density at radius 2 is 2.33 bits per heavy atom. The fraction of sp³-hybridized carbons (Fsp3) is 0.538. The molecule has 0 aromatic carbocycles. The Morgan fingerprint density at radius 1 is 1.50 bits per heavy atom. The molecule has 0 aliphatic heterocycles. The molecule has 1 amide bonds. The maximum atomic E-state index is 11.4. The number of amides is 1. The summed E-state index contributed by atoms with van der Waals surface area (Å²) in [5.41, 5.74) is 1.09. The lowest BCUT2D eigenvalue weighted by Gasteiger charge is -2.20. The standard InChI is InChI=1S/C13H21N3O2/c1-2-15-13(18)5-7-16(8-9-17)11-12-4-3-6-14-10-12/h3-4,6,10,17H,2,5,7-9,11H2,1H3,(H,15,18). The lowest BCUT2D eigenvalue weighted by Crippen LogP contribution is -2.32. The average Bonchev–Trinajstić information content (AvgIpc) is 2.38. The van der Waals surface area contributed by atoms with Crippen molar-refractivity contribution < 1.29 is 9.90 Å². The smallest absolute Gasteiger partial charge is 0.221 e. The van der Waals surface area contributed by atoms with Crippen molar-refractivity contribution in [1.29, 1.82) is 0 Å². The maximum absolute atomic E-state index is 11.4. The number of hydrogen-bond donors (Lipinski definition) is 2. The van der Waals surface area contributed by atoms with Crippen molar-refractivity contribution in [1.82, 2.24) is 15.2 Å². The summed E-state index contributed by atoms with van der Waals surface area (Å²) >= 11 is 0. The lowest BCUT2D eigenvalue weighted by molar-refractivity contribution is -0.121. The Bertz CT molecular complexity index is 343. The van der Waals surface area contributed by atoms with Gasteiger partial charge in [0.1, 0.15) is 0 Å². The first-order chi connectivity index (χ1) is 8.76. The average molecular weight is 251 g/mol. The molecule has 1 heterocycles. The number of nitrogens with one attached hydrogen (secondary N) is 1. The number of aliphatic hydroxyl groups is 1. The largest absolute Gasteiger partial charge is 0.395 e. The van der Waals surface area contributed by atoms with Crippen LogP contribution in [0.15, 0.2) is 24.5 Å². The Balaban J connectivity index is 2.42. The first-order valence-corrected chi connectivity index (χ1v) is 6.25. The molecule has 0 aliphatic carbocycles. The monoisotopic (exact) mass is 251 g/mol. The number of carbonyl (C=O) groups excluding carboxylic acids is 1. The van der Waals surface area contributed by atoms with Gasteiger partial charge < -0.3 is 10.4 Å². The van der Waals surface area contributed by atoms with Crippen molar-refractivity contribution in [3.8, 4) is 0 Å².